The van der Waals surface area contributed by atoms with E-state index in [0.29, 0.717) is 41.7 Å². The smallest absolute Gasteiger partial charge is 0.267 e. The summed E-state index contributed by atoms with van der Waals surface area (Å²) in [6.45, 7) is 2.18. The molecule has 0 spiro atoms. The number of halogens is 1. The third kappa shape index (κ3) is 3.90. The van der Waals surface area contributed by atoms with Gasteiger partial charge in [0.15, 0.2) is 5.16 Å². The fourth-order valence-corrected chi connectivity index (χ4v) is 6.37. The molecule has 2 aromatic heterocycles. The van der Waals surface area contributed by atoms with Crippen LogP contribution in [-0.4, -0.2) is 52.4 Å². The minimum atomic E-state index is -0.490. The van der Waals surface area contributed by atoms with Gasteiger partial charge in [-0.15, -0.1) is 11.3 Å². The highest BCUT2D eigenvalue weighted by atomic mass is 32.2. The van der Waals surface area contributed by atoms with Crippen molar-refractivity contribution in [1.29, 1.82) is 0 Å². The highest BCUT2D eigenvalue weighted by Gasteiger charge is 2.25. The number of hydrogen-bond acceptors (Lipinski definition) is 6. The van der Waals surface area contributed by atoms with Crippen LogP contribution in [0.3, 0.4) is 0 Å². The summed E-state index contributed by atoms with van der Waals surface area (Å²) in [5, 5.41) is 0.953. The molecule has 31 heavy (non-hydrogen) atoms. The number of amides is 1. The number of carbonyl (C=O) groups is 1. The molecular weight excluding hydrogens is 437 g/mol. The lowest BCUT2D eigenvalue weighted by Crippen LogP contribution is -2.41. The van der Waals surface area contributed by atoms with Crippen LogP contribution in [0.4, 0.5) is 4.39 Å². The summed E-state index contributed by atoms with van der Waals surface area (Å²) in [5.41, 5.74) is 0.976. The first kappa shape index (κ1) is 20.7. The Bertz CT molecular complexity index is 1200. The first-order chi connectivity index (χ1) is 15.1. The van der Waals surface area contributed by atoms with Gasteiger partial charge in [-0.1, -0.05) is 23.9 Å². The van der Waals surface area contributed by atoms with Crippen LogP contribution in [-0.2, 0) is 22.4 Å². The van der Waals surface area contributed by atoms with Gasteiger partial charge in [-0.2, -0.15) is 0 Å². The number of aryl methyl sites for hydroxylation is 2. The van der Waals surface area contributed by atoms with Crippen LogP contribution in [0.15, 0.2) is 34.2 Å². The number of benzene rings is 1. The van der Waals surface area contributed by atoms with E-state index in [4.69, 9.17) is 9.72 Å². The summed E-state index contributed by atoms with van der Waals surface area (Å²) in [6.07, 6.45) is 3.96. The summed E-state index contributed by atoms with van der Waals surface area (Å²) in [5.74, 6) is -0.387. The molecule has 162 valence electrons. The predicted octanol–water partition coefficient (Wildman–Crippen LogP) is 3.42. The van der Waals surface area contributed by atoms with E-state index in [-0.39, 0.29) is 22.9 Å². The normalized spacial score (nSPS) is 16.5. The maximum atomic E-state index is 14.7. The van der Waals surface area contributed by atoms with E-state index in [0.717, 1.165) is 31.2 Å². The van der Waals surface area contributed by atoms with Crippen LogP contribution in [0, 0.1) is 5.82 Å². The molecule has 5 rings (SSSR count). The van der Waals surface area contributed by atoms with Crippen LogP contribution in [0.5, 0.6) is 0 Å². The Morgan fingerprint density at radius 2 is 1.97 bits per heavy atom. The van der Waals surface area contributed by atoms with Crippen LogP contribution < -0.4 is 5.56 Å². The van der Waals surface area contributed by atoms with Gasteiger partial charge in [0.05, 0.1) is 30.0 Å². The van der Waals surface area contributed by atoms with Crippen molar-refractivity contribution in [3.8, 4) is 5.69 Å². The summed E-state index contributed by atoms with van der Waals surface area (Å²) < 4.78 is 21.4. The third-order valence-corrected chi connectivity index (χ3v) is 7.85. The molecule has 0 N–H and O–H groups in total. The molecule has 1 aliphatic carbocycles. The van der Waals surface area contributed by atoms with E-state index in [1.807, 2.05) is 0 Å². The molecule has 0 atom stereocenters. The van der Waals surface area contributed by atoms with Gasteiger partial charge in [-0.3, -0.25) is 14.2 Å². The monoisotopic (exact) mass is 459 g/mol. The maximum absolute atomic E-state index is 14.7. The van der Waals surface area contributed by atoms with E-state index in [1.54, 1.807) is 34.4 Å². The standard InChI is InChI=1S/C22H22FN3O3S2/c23-15-6-2-3-7-16(15)26-21(28)19-14-5-1-4-8-17(14)31-20(19)24-22(26)30-13-18(27)25-9-11-29-12-10-25/h2-3,6-7H,1,4-5,8-13H2. The summed E-state index contributed by atoms with van der Waals surface area (Å²) in [7, 11) is 0. The number of morpholine rings is 1. The zero-order chi connectivity index (χ0) is 21.4. The SMILES string of the molecule is O=C(CSc1nc2sc3c(c2c(=O)n1-c1ccccc1F)CCCC3)N1CCOCC1. The van der Waals surface area contributed by atoms with Gasteiger partial charge in [-0.25, -0.2) is 9.37 Å². The van der Waals surface area contributed by atoms with Gasteiger partial charge in [0, 0.05) is 18.0 Å². The first-order valence-corrected chi connectivity index (χ1v) is 12.2. The van der Waals surface area contributed by atoms with Gasteiger partial charge < -0.3 is 9.64 Å². The largest absolute Gasteiger partial charge is 0.378 e. The van der Waals surface area contributed by atoms with Crippen LogP contribution in [0.2, 0.25) is 0 Å². The minimum Gasteiger partial charge on any atom is -0.378 e. The second-order valence-electron chi connectivity index (χ2n) is 7.66. The lowest BCUT2D eigenvalue weighted by atomic mass is 9.97. The molecule has 2 aliphatic rings. The van der Waals surface area contributed by atoms with Gasteiger partial charge in [0.2, 0.25) is 5.91 Å². The quantitative estimate of drug-likeness (QED) is 0.442. The Labute approximate surface area is 187 Å². The van der Waals surface area contributed by atoms with Crippen LogP contribution in [0.1, 0.15) is 23.3 Å². The third-order valence-electron chi connectivity index (χ3n) is 5.74. The highest BCUT2D eigenvalue weighted by Crippen LogP contribution is 2.35. The van der Waals surface area contributed by atoms with Crippen molar-refractivity contribution < 1.29 is 13.9 Å². The molecule has 9 heteroatoms. The first-order valence-electron chi connectivity index (χ1n) is 10.4. The number of para-hydroxylation sites is 1. The van der Waals surface area contributed by atoms with E-state index in [9.17, 15) is 14.0 Å². The highest BCUT2D eigenvalue weighted by molar-refractivity contribution is 7.99. The molecule has 0 saturated carbocycles. The van der Waals surface area contributed by atoms with Crippen molar-refractivity contribution in [3.05, 3.63) is 50.9 Å². The van der Waals surface area contributed by atoms with Crippen LogP contribution in [0.25, 0.3) is 15.9 Å². The van der Waals surface area contributed by atoms with E-state index < -0.39 is 5.82 Å². The number of nitrogens with zero attached hydrogens (tertiary/aromatic N) is 3. The molecule has 1 amide bonds. The molecule has 1 aromatic carbocycles. The number of rotatable bonds is 4. The lowest BCUT2D eigenvalue weighted by molar-refractivity contribution is -0.132. The summed E-state index contributed by atoms with van der Waals surface area (Å²) in [4.78, 5) is 34.7. The molecule has 3 heterocycles. The second kappa shape index (κ2) is 8.72. The summed E-state index contributed by atoms with van der Waals surface area (Å²) in [6, 6.07) is 6.21. The van der Waals surface area contributed by atoms with Gasteiger partial charge in [0.1, 0.15) is 10.6 Å². The fraction of sp³-hybridized carbons (Fsp3) is 0.409. The second-order valence-corrected chi connectivity index (χ2v) is 9.69. The molecule has 1 saturated heterocycles. The average Bonchev–Trinajstić information content (AvgIpc) is 3.17. The predicted molar refractivity (Wildman–Crippen MR) is 120 cm³/mol. The number of ether oxygens (including phenoxy) is 1. The topological polar surface area (TPSA) is 64.4 Å². The molecule has 0 radical (unpaired) electrons. The average molecular weight is 460 g/mol. The Morgan fingerprint density at radius 3 is 2.77 bits per heavy atom. The van der Waals surface area contributed by atoms with E-state index >= 15 is 0 Å². The minimum absolute atomic E-state index is 0.0341. The van der Waals surface area contributed by atoms with Gasteiger partial charge in [-0.05, 0) is 43.4 Å². The molecule has 3 aromatic rings. The number of fused-ring (bicyclic) bond motifs is 3. The molecule has 0 bridgehead atoms. The maximum Gasteiger partial charge on any atom is 0.267 e. The van der Waals surface area contributed by atoms with Crippen molar-refractivity contribution in [2.75, 3.05) is 32.1 Å². The Kier molecular flexibility index (Phi) is 5.81. The van der Waals surface area contributed by atoms with Gasteiger partial charge in [0.25, 0.3) is 5.56 Å². The molecule has 0 unspecified atom stereocenters. The molecule has 1 fully saturated rings. The zero-order valence-electron chi connectivity index (χ0n) is 16.9. The van der Waals surface area contributed by atoms with E-state index in [2.05, 4.69) is 0 Å². The number of aromatic nitrogens is 2. The fourth-order valence-electron chi connectivity index (χ4n) is 4.16. The van der Waals surface area contributed by atoms with Gasteiger partial charge >= 0.3 is 0 Å². The summed E-state index contributed by atoms with van der Waals surface area (Å²) >= 11 is 2.74. The van der Waals surface area contributed by atoms with Crippen molar-refractivity contribution in [3.63, 3.8) is 0 Å². The molecule has 6 nitrogen and oxygen atoms in total. The Hall–Kier alpha value is -2.23. The van der Waals surface area contributed by atoms with Crippen molar-refractivity contribution in [2.24, 2.45) is 0 Å². The number of thiophene rings is 1. The zero-order valence-corrected chi connectivity index (χ0v) is 18.6. The van der Waals surface area contributed by atoms with Crippen molar-refractivity contribution in [2.45, 2.75) is 30.8 Å². The van der Waals surface area contributed by atoms with Crippen molar-refractivity contribution in [1.82, 2.24) is 14.5 Å². The van der Waals surface area contributed by atoms with E-state index in [1.165, 1.54) is 27.3 Å². The Morgan fingerprint density at radius 1 is 1.19 bits per heavy atom. The van der Waals surface area contributed by atoms with Crippen LogP contribution >= 0.6 is 23.1 Å². The lowest BCUT2D eigenvalue weighted by Gasteiger charge is -2.26. The number of hydrogen-bond donors (Lipinski definition) is 0. The number of carbonyl (C=O) groups excluding carboxylic acids is 1. The Balaban J connectivity index is 1.59. The number of thioether (sulfide) groups is 1. The molecular formula is C22H22FN3O3S2. The van der Waals surface area contributed by atoms with Crippen molar-refractivity contribution >= 4 is 39.2 Å². The molecule has 1 aliphatic heterocycles.